The van der Waals surface area contributed by atoms with Gasteiger partial charge in [0.05, 0.1) is 6.54 Å². The number of aryl methyl sites for hydroxylation is 1. The molecule has 1 aromatic heterocycles. The number of carbonyl (C=O) groups is 1. The van der Waals surface area contributed by atoms with Crippen molar-refractivity contribution in [3.05, 3.63) is 42.5 Å². The van der Waals surface area contributed by atoms with Gasteiger partial charge in [0.15, 0.2) is 17.3 Å². The predicted octanol–water partition coefficient (Wildman–Crippen LogP) is 1.81. The van der Waals surface area contributed by atoms with Crippen LogP contribution in [0.1, 0.15) is 0 Å². The fraction of sp³-hybridized carbons (Fsp3) is 0.222. The average molecular weight is 382 g/mol. The molecular formula is C18H18N6O4. The Morgan fingerprint density at radius 1 is 1.21 bits per heavy atom. The van der Waals surface area contributed by atoms with Crippen LogP contribution in [0.4, 0.5) is 10.5 Å². The highest BCUT2D eigenvalue weighted by molar-refractivity contribution is 5.89. The Balaban J connectivity index is 1.25. The Morgan fingerprint density at radius 3 is 2.96 bits per heavy atom. The first kappa shape index (κ1) is 17.6. The molecule has 0 spiro atoms. The molecule has 0 unspecified atom stereocenters. The highest BCUT2D eigenvalue weighted by Gasteiger charge is 2.13. The molecule has 144 valence electrons. The first-order chi connectivity index (χ1) is 13.7. The summed E-state index contributed by atoms with van der Waals surface area (Å²) >= 11 is 0. The van der Waals surface area contributed by atoms with Crippen LogP contribution in [0.5, 0.6) is 17.2 Å². The maximum atomic E-state index is 12.1. The van der Waals surface area contributed by atoms with E-state index >= 15 is 0 Å². The molecular weight excluding hydrogens is 364 g/mol. The summed E-state index contributed by atoms with van der Waals surface area (Å²) in [6.07, 6.45) is 0. The molecule has 2 N–H and O–H groups in total. The van der Waals surface area contributed by atoms with Crippen LogP contribution in [0, 0.1) is 0 Å². The van der Waals surface area contributed by atoms with Gasteiger partial charge in [-0.3, -0.25) is 0 Å². The monoisotopic (exact) mass is 382 g/mol. The number of fused-ring (bicyclic) bond motifs is 1. The Labute approximate surface area is 160 Å². The van der Waals surface area contributed by atoms with Gasteiger partial charge in [-0.1, -0.05) is 12.1 Å². The number of rotatable bonds is 6. The fourth-order valence-electron chi connectivity index (χ4n) is 2.69. The predicted molar refractivity (Wildman–Crippen MR) is 99.3 cm³/mol. The highest BCUT2D eigenvalue weighted by atomic mass is 16.7. The molecule has 0 atom stereocenters. The van der Waals surface area contributed by atoms with Gasteiger partial charge in [0.2, 0.25) is 6.79 Å². The first-order valence-electron chi connectivity index (χ1n) is 8.59. The molecule has 3 aromatic rings. The molecule has 1 aliphatic rings. The van der Waals surface area contributed by atoms with Crippen LogP contribution in [0.3, 0.4) is 0 Å². The molecule has 10 nitrogen and oxygen atoms in total. The highest BCUT2D eigenvalue weighted by Crippen LogP contribution is 2.34. The van der Waals surface area contributed by atoms with E-state index in [4.69, 9.17) is 14.2 Å². The molecule has 2 heterocycles. The summed E-state index contributed by atoms with van der Waals surface area (Å²) in [4.78, 5) is 12.1. The number of aromatic nitrogens is 4. The number of tetrazole rings is 1. The number of amides is 2. The van der Waals surface area contributed by atoms with E-state index in [2.05, 4.69) is 26.2 Å². The lowest BCUT2D eigenvalue weighted by Gasteiger charge is -2.10. The number of nitrogens with one attached hydrogen (secondary N) is 2. The van der Waals surface area contributed by atoms with Crippen LogP contribution in [0.15, 0.2) is 42.5 Å². The normalized spacial score (nSPS) is 11.9. The van der Waals surface area contributed by atoms with E-state index in [0.717, 1.165) is 5.56 Å². The molecule has 10 heteroatoms. The van der Waals surface area contributed by atoms with Gasteiger partial charge in [-0.15, -0.1) is 5.10 Å². The Bertz CT molecular complexity index is 990. The van der Waals surface area contributed by atoms with Gasteiger partial charge in [0, 0.05) is 24.4 Å². The van der Waals surface area contributed by atoms with E-state index < -0.39 is 0 Å². The van der Waals surface area contributed by atoms with E-state index in [1.807, 2.05) is 12.1 Å². The van der Waals surface area contributed by atoms with Gasteiger partial charge in [0.1, 0.15) is 12.4 Å². The molecule has 28 heavy (non-hydrogen) atoms. The van der Waals surface area contributed by atoms with Gasteiger partial charge in [0.25, 0.3) is 0 Å². The second kappa shape index (κ2) is 7.82. The number of nitrogens with zero attached hydrogens (tertiary/aromatic N) is 4. The van der Waals surface area contributed by atoms with Crippen LogP contribution < -0.4 is 24.8 Å². The lowest BCUT2D eigenvalue weighted by molar-refractivity contribution is 0.173. The second-order valence-corrected chi connectivity index (χ2v) is 5.95. The maximum absolute atomic E-state index is 12.1. The number of benzene rings is 2. The smallest absolute Gasteiger partial charge is 0.319 e. The number of ether oxygens (including phenoxy) is 3. The fourth-order valence-corrected chi connectivity index (χ4v) is 2.69. The van der Waals surface area contributed by atoms with Gasteiger partial charge < -0.3 is 24.8 Å². The summed E-state index contributed by atoms with van der Waals surface area (Å²) in [5, 5.41) is 16.9. The van der Waals surface area contributed by atoms with E-state index in [-0.39, 0.29) is 12.8 Å². The molecule has 1 aliphatic heterocycles. The summed E-state index contributed by atoms with van der Waals surface area (Å²) in [5.41, 5.74) is 1.44. The van der Waals surface area contributed by atoms with Crippen molar-refractivity contribution in [2.24, 2.45) is 7.05 Å². The number of carbonyl (C=O) groups excluding carboxylic acids is 1. The Hall–Kier alpha value is -3.82. The Morgan fingerprint density at radius 2 is 2.11 bits per heavy atom. The van der Waals surface area contributed by atoms with E-state index in [1.54, 1.807) is 42.1 Å². The lowest BCUT2D eigenvalue weighted by atomic mass is 10.2. The van der Waals surface area contributed by atoms with Gasteiger partial charge in [-0.2, -0.15) is 0 Å². The molecule has 0 saturated heterocycles. The number of hydrogen-bond acceptors (Lipinski definition) is 7. The van der Waals surface area contributed by atoms with Crippen LogP contribution in [0.2, 0.25) is 0 Å². The zero-order chi connectivity index (χ0) is 19.3. The summed E-state index contributed by atoms with van der Waals surface area (Å²) < 4.78 is 17.7. The lowest BCUT2D eigenvalue weighted by Crippen LogP contribution is -2.32. The third kappa shape index (κ3) is 3.95. The molecule has 2 aromatic carbocycles. The van der Waals surface area contributed by atoms with Crippen molar-refractivity contribution >= 4 is 11.7 Å². The maximum Gasteiger partial charge on any atom is 0.319 e. The standard InChI is InChI=1S/C18H18N6O4/c1-24-17(21-22-23-24)12-3-2-4-13(9-12)20-18(25)19-7-8-26-14-5-6-15-16(10-14)28-11-27-15/h2-6,9-10H,7-8,11H2,1H3,(H2,19,20,25). The van der Waals surface area contributed by atoms with Gasteiger partial charge >= 0.3 is 6.03 Å². The molecule has 0 radical (unpaired) electrons. The SMILES string of the molecule is Cn1nnnc1-c1cccc(NC(=O)NCCOc2ccc3c(c2)OCO3)c1. The summed E-state index contributed by atoms with van der Waals surface area (Å²) in [7, 11) is 1.75. The van der Waals surface area contributed by atoms with E-state index in [0.29, 0.717) is 41.9 Å². The van der Waals surface area contributed by atoms with Crippen molar-refractivity contribution in [2.45, 2.75) is 0 Å². The van der Waals surface area contributed by atoms with Crippen molar-refractivity contribution in [1.29, 1.82) is 0 Å². The van der Waals surface area contributed by atoms with Crippen LogP contribution in [-0.4, -0.2) is 46.2 Å². The van der Waals surface area contributed by atoms with Crippen molar-refractivity contribution in [3.8, 4) is 28.6 Å². The minimum atomic E-state index is -0.331. The zero-order valence-electron chi connectivity index (χ0n) is 15.1. The van der Waals surface area contributed by atoms with Crippen molar-refractivity contribution in [1.82, 2.24) is 25.5 Å². The van der Waals surface area contributed by atoms with Gasteiger partial charge in [-0.25, -0.2) is 9.48 Å². The van der Waals surface area contributed by atoms with Crippen molar-refractivity contribution < 1.29 is 19.0 Å². The van der Waals surface area contributed by atoms with E-state index in [1.165, 1.54) is 0 Å². The zero-order valence-corrected chi connectivity index (χ0v) is 15.1. The largest absolute Gasteiger partial charge is 0.492 e. The minimum absolute atomic E-state index is 0.217. The third-order valence-corrected chi connectivity index (χ3v) is 4.00. The Kier molecular flexibility index (Phi) is 4.91. The average Bonchev–Trinajstić information content (AvgIpc) is 3.33. The summed E-state index contributed by atoms with van der Waals surface area (Å²) in [6, 6.07) is 12.3. The van der Waals surface area contributed by atoms with Crippen LogP contribution >= 0.6 is 0 Å². The van der Waals surface area contributed by atoms with Gasteiger partial charge in [-0.05, 0) is 34.7 Å². The van der Waals surface area contributed by atoms with Crippen LogP contribution in [0.25, 0.3) is 11.4 Å². The van der Waals surface area contributed by atoms with E-state index in [9.17, 15) is 4.79 Å². The van der Waals surface area contributed by atoms with Crippen molar-refractivity contribution in [2.75, 3.05) is 25.3 Å². The first-order valence-corrected chi connectivity index (χ1v) is 8.59. The second-order valence-electron chi connectivity index (χ2n) is 5.95. The number of anilines is 1. The molecule has 0 saturated carbocycles. The third-order valence-electron chi connectivity index (χ3n) is 4.00. The molecule has 0 bridgehead atoms. The van der Waals surface area contributed by atoms with Crippen molar-refractivity contribution in [3.63, 3.8) is 0 Å². The summed E-state index contributed by atoms with van der Waals surface area (Å²) in [6.45, 7) is 0.875. The van der Waals surface area contributed by atoms with Crippen LogP contribution in [-0.2, 0) is 7.05 Å². The number of hydrogen-bond donors (Lipinski definition) is 2. The minimum Gasteiger partial charge on any atom is -0.492 e. The quantitative estimate of drug-likeness (QED) is 0.625. The topological polar surface area (TPSA) is 112 Å². The molecule has 0 fully saturated rings. The molecule has 2 amide bonds. The number of urea groups is 1. The summed E-state index contributed by atoms with van der Waals surface area (Å²) in [5.74, 6) is 2.61. The molecule has 4 rings (SSSR count). The molecule has 0 aliphatic carbocycles.